The van der Waals surface area contributed by atoms with Crippen molar-refractivity contribution < 1.29 is 42.9 Å². The van der Waals surface area contributed by atoms with Crippen molar-refractivity contribution in [1.29, 1.82) is 0 Å². The van der Waals surface area contributed by atoms with Gasteiger partial charge in [-0.15, -0.1) is 0 Å². The number of ether oxygens (including phenoxy) is 5. The van der Waals surface area contributed by atoms with E-state index in [4.69, 9.17) is 29.4 Å². The van der Waals surface area contributed by atoms with Gasteiger partial charge in [0.05, 0.1) is 12.4 Å². The van der Waals surface area contributed by atoms with E-state index in [0.717, 1.165) is 13.8 Å². The van der Waals surface area contributed by atoms with Crippen molar-refractivity contribution in [3.8, 4) is 5.88 Å². The third-order valence-corrected chi connectivity index (χ3v) is 3.71. The normalized spacial score (nSPS) is 26.8. The minimum absolute atomic E-state index is 0.135. The molecule has 1 amide bonds. The Morgan fingerprint density at radius 3 is 2.07 bits per heavy atom. The summed E-state index contributed by atoms with van der Waals surface area (Å²) in [5, 5.41) is 0. The molecule has 0 unspecified atom stereocenters. The molecule has 0 saturated carbocycles. The smallest absolute Gasteiger partial charge is 0.303 e. The van der Waals surface area contributed by atoms with E-state index >= 15 is 0 Å². The van der Waals surface area contributed by atoms with Crippen molar-refractivity contribution in [2.24, 2.45) is 5.73 Å². The van der Waals surface area contributed by atoms with Crippen LogP contribution in [0.25, 0.3) is 0 Å². The molecule has 12 nitrogen and oxygen atoms in total. The van der Waals surface area contributed by atoms with E-state index in [1.807, 2.05) is 0 Å². The van der Waals surface area contributed by atoms with Crippen LogP contribution in [-0.4, -0.2) is 64.5 Å². The highest BCUT2D eigenvalue weighted by Crippen LogP contribution is 2.30. The monoisotopic (exact) mass is 399 g/mol. The third kappa shape index (κ3) is 4.97. The lowest BCUT2D eigenvalue weighted by Gasteiger charge is -2.43. The van der Waals surface area contributed by atoms with Crippen molar-refractivity contribution in [3.05, 3.63) is 12.0 Å². The number of imidazole rings is 1. The first-order valence-corrected chi connectivity index (χ1v) is 8.27. The number of amides is 1. The lowest BCUT2D eigenvalue weighted by molar-refractivity contribution is -0.280. The SMILES string of the molecule is CC(=O)O[C@@H]1[C@@H](OC(C)=O)[C@H](C)O[C@@H](Oc2nc[nH]c2C(N)=O)[C@@H]1OC(C)=O. The van der Waals surface area contributed by atoms with Crippen LogP contribution in [0.2, 0.25) is 0 Å². The molecule has 2 heterocycles. The molecule has 1 fully saturated rings. The molecule has 1 aliphatic heterocycles. The van der Waals surface area contributed by atoms with E-state index in [2.05, 4.69) is 9.97 Å². The Bertz CT molecular complexity index is 762. The quantitative estimate of drug-likeness (QED) is 0.466. The number of aromatic nitrogens is 2. The van der Waals surface area contributed by atoms with Gasteiger partial charge in [0.2, 0.25) is 18.3 Å². The number of aromatic amines is 1. The zero-order chi connectivity index (χ0) is 21.0. The van der Waals surface area contributed by atoms with Gasteiger partial charge in [-0.2, -0.15) is 0 Å². The minimum Gasteiger partial charge on any atom is -0.456 e. The van der Waals surface area contributed by atoms with Gasteiger partial charge >= 0.3 is 17.9 Å². The number of nitrogens with zero attached hydrogens (tertiary/aromatic N) is 1. The van der Waals surface area contributed by atoms with Gasteiger partial charge < -0.3 is 34.4 Å². The van der Waals surface area contributed by atoms with Crippen LogP contribution in [0.1, 0.15) is 38.2 Å². The Hall–Kier alpha value is -3.15. The van der Waals surface area contributed by atoms with Crippen LogP contribution >= 0.6 is 0 Å². The van der Waals surface area contributed by atoms with Crippen molar-refractivity contribution in [2.45, 2.75) is 58.4 Å². The summed E-state index contributed by atoms with van der Waals surface area (Å²) in [6.45, 7) is 4.99. The summed E-state index contributed by atoms with van der Waals surface area (Å²) in [7, 11) is 0. The fourth-order valence-corrected chi connectivity index (χ4v) is 2.72. The molecule has 154 valence electrons. The van der Waals surface area contributed by atoms with Crippen LogP contribution in [0.15, 0.2) is 6.33 Å². The van der Waals surface area contributed by atoms with E-state index in [9.17, 15) is 19.2 Å². The van der Waals surface area contributed by atoms with Gasteiger partial charge in [-0.3, -0.25) is 19.2 Å². The molecule has 0 spiro atoms. The molecule has 2 rings (SSSR count). The van der Waals surface area contributed by atoms with Gasteiger partial charge in [0.15, 0.2) is 17.9 Å². The summed E-state index contributed by atoms with van der Waals surface area (Å²) < 4.78 is 26.9. The summed E-state index contributed by atoms with van der Waals surface area (Å²) in [4.78, 5) is 52.4. The average molecular weight is 399 g/mol. The first-order chi connectivity index (χ1) is 13.1. The topological polar surface area (TPSA) is 169 Å². The molecule has 3 N–H and O–H groups in total. The number of carbonyl (C=O) groups is 4. The number of nitrogens with one attached hydrogen (secondary N) is 1. The zero-order valence-corrected chi connectivity index (χ0v) is 15.7. The number of H-pyrrole nitrogens is 1. The van der Waals surface area contributed by atoms with Crippen LogP contribution in [0.3, 0.4) is 0 Å². The van der Waals surface area contributed by atoms with Gasteiger partial charge in [0.1, 0.15) is 0 Å². The lowest BCUT2D eigenvalue weighted by Crippen LogP contribution is -2.62. The Kier molecular flexibility index (Phi) is 6.57. The predicted molar refractivity (Wildman–Crippen MR) is 88.7 cm³/mol. The van der Waals surface area contributed by atoms with Gasteiger partial charge in [-0.25, -0.2) is 4.98 Å². The number of hydrogen-bond donors (Lipinski definition) is 2. The highest BCUT2D eigenvalue weighted by atomic mass is 16.7. The Morgan fingerprint density at radius 2 is 1.54 bits per heavy atom. The summed E-state index contributed by atoms with van der Waals surface area (Å²) in [6.07, 6.45) is -4.60. The van der Waals surface area contributed by atoms with Crippen LogP contribution in [0.4, 0.5) is 0 Å². The summed E-state index contributed by atoms with van der Waals surface area (Å²) in [6, 6.07) is 0. The molecule has 0 bridgehead atoms. The summed E-state index contributed by atoms with van der Waals surface area (Å²) in [5.74, 6) is -3.12. The molecular formula is C16H21N3O9. The minimum atomic E-state index is -1.34. The van der Waals surface area contributed by atoms with Crippen molar-refractivity contribution in [3.63, 3.8) is 0 Å². The van der Waals surface area contributed by atoms with Gasteiger partial charge in [-0.1, -0.05) is 0 Å². The molecule has 1 aliphatic rings. The van der Waals surface area contributed by atoms with Crippen LogP contribution < -0.4 is 10.5 Å². The van der Waals surface area contributed by atoms with E-state index in [1.165, 1.54) is 13.3 Å². The Balaban J connectivity index is 2.38. The molecule has 1 aromatic rings. The number of hydrogen-bond acceptors (Lipinski definition) is 10. The average Bonchev–Trinajstić information content (AvgIpc) is 3.02. The molecule has 28 heavy (non-hydrogen) atoms. The number of nitrogens with two attached hydrogens (primary N) is 1. The molecule has 5 atom stereocenters. The van der Waals surface area contributed by atoms with Gasteiger partial charge in [0.25, 0.3) is 5.91 Å². The third-order valence-electron chi connectivity index (χ3n) is 3.71. The first-order valence-electron chi connectivity index (χ1n) is 8.27. The second kappa shape index (κ2) is 8.69. The lowest BCUT2D eigenvalue weighted by atomic mass is 9.99. The molecular weight excluding hydrogens is 378 g/mol. The highest BCUT2D eigenvalue weighted by molar-refractivity contribution is 5.93. The first kappa shape index (κ1) is 21.2. The van der Waals surface area contributed by atoms with E-state index in [1.54, 1.807) is 6.92 Å². The van der Waals surface area contributed by atoms with E-state index in [-0.39, 0.29) is 11.6 Å². The van der Waals surface area contributed by atoms with Crippen molar-refractivity contribution >= 4 is 23.8 Å². The number of primary amides is 1. The Morgan fingerprint density at radius 1 is 1.00 bits per heavy atom. The number of carbonyl (C=O) groups excluding carboxylic acids is 4. The summed E-state index contributed by atoms with van der Waals surface area (Å²) >= 11 is 0. The fourth-order valence-electron chi connectivity index (χ4n) is 2.72. The van der Waals surface area contributed by atoms with Crippen molar-refractivity contribution in [1.82, 2.24) is 9.97 Å². The number of rotatable bonds is 6. The maximum Gasteiger partial charge on any atom is 0.303 e. The zero-order valence-electron chi connectivity index (χ0n) is 15.7. The predicted octanol–water partition coefficient (Wildman–Crippen LogP) is -0.573. The highest BCUT2D eigenvalue weighted by Gasteiger charge is 2.51. The largest absolute Gasteiger partial charge is 0.456 e. The van der Waals surface area contributed by atoms with Crippen LogP contribution in [-0.2, 0) is 33.3 Å². The van der Waals surface area contributed by atoms with Crippen LogP contribution in [0, 0.1) is 0 Å². The second-order valence-corrected chi connectivity index (χ2v) is 6.00. The summed E-state index contributed by atoms with van der Waals surface area (Å²) in [5.41, 5.74) is 5.10. The molecule has 0 aliphatic carbocycles. The Labute approximate surface area is 159 Å². The standard InChI is InChI=1S/C16H21N3O9/c1-6-11(25-7(2)20)12(26-8(3)21)13(27-9(4)22)16(24-6)28-15-10(14(17)23)18-5-19-15/h5-6,11-13,16H,1-4H3,(H2,17,23)(H,18,19)/t6-,11-,12+,13+,16-/m0/s1. The molecule has 1 saturated heterocycles. The molecule has 0 aromatic carbocycles. The van der Waals surface area contributed by atoms with Gasteiger partial charge in [-0.05, 0) is 6.92 Å². The second-order valence-electron chi connectivity index (χ2n) is 6.00. The van der Waals surface area contributed by atoms with E-state index in [0.29, 0.717) is 0 Å². The maximum atomic E-state index is 11.6. The van der Waals surface area contributed by atoms with Crippen molar-refractivity contribution in [2.75, 3.05) is 0 Å². The van der Waals surface area contributed by atoms with Gasteiger partial charge in [0, 0.05) is 20.8 Å². The fraction of sp³-hybridized carbons (Fsp3) is 0.562. The molecule has 0 radical (unpaired) electrons. The maximum absolute atomic E-state index is 11.6. The molecule has 1 aromatic heterocycles. The number of esters is 3. The van der Waals surface area contributed by atoms with E-state index < -0.39 is 54.5 Å². The molecule has 12 heteroatoms. The van der Waals surface area contributed by atoms with Crippen LogP contribution in [0.5, 0.6) is 5.88 Å².